The van der Waals surface area contributed by atoms with Crippen LogP contribution in [0.3, 0.4) is 0 Å². The quantitative estimate of drug-likeness (QED) is 0.613. The van der Waals surface area contributed by atoms with Crippen LogP contribution in [0.25, 0.3) is 17.0 Å². The number of aromatic nitrogens is 5. The molecule has 0 aliphatic heterocycles. The minimum absolute atomic E-state index is 0.272. The fourth-order valence-electron chi connectivity index (χ4n) is 1.52. The van der Waals surface area contributed by atoms with E-state index in [0.717, 1.165) is 5.69 Å². The lowest BCUT2D eigenvalue weighted by Crippen LogP contribution is -1.92. The van der Waals surface area contributed by atoms with Crippen molar-refractivity contribution in [3.8, 4) is 11.4 Å². The first-order valence-corrected chi connectivity index (χ1v) is 4.85. The number of nitrogens with zero attached hydrogens (tertiary/aromatic N) is 5. The Balaban J connectivity index is 2.32. The van der Waals surface area contributed by atoms with E-state index in [2.05, 4.69) is 20.1 Å². The van der Waals surface area contributed by atoms with Gasteiger partial charge in [0.1, 0.15) is 11.4 Å². The van der Waals surface area contributed by atoms with Crippen molar-refractivity contribution in [1.29, 1.82) is 0 Å². The zero-order valence-corrected chi connectivity index (χ0v) is 8.62. The lowest BCUT2D eigenvalue weighted by atomic mass is 10.2. The molecule has 3 rings (SSSR count). The zero-order valence-electron chi connectivity index (χ0n) is 9.62. The standard InChI is InChI=1S/C11H9N5/c1-8-11(14-5-4-12-8)9-7-10-13-3-2-6-16(10)15-9/h2-7H,1H3/i7D. The summed E-state index contributed by atoms with van der Waals surface area (Å²) in [6.07, 6.45) is 6.62. The molecule has 0 radical (unpaired) electrons. The molecule has 0 unspecified atom stereocenters. The topological polar surface area (TPSA) is 56.0 Å². The fourth-order valence-corrected chi connectivity index (χ4v) is 1.52. The number of rotatable bonds is 1. The molecule has 5 nitrogen and oxygen atoms in total. The Bertz CT molecular complexity index is 691. The van der Waals surface area contributed by atoms with Crippen LogP contribution in [-0.4, -0.2) is 24.6 Å². The minimum atomic E-state index is 0.272. The summed E-state index contributed by atoms with van der Waals surface area (Å²) in [6, 6.07) is 2.04. The first kappa shape index (κ1) is 7.92. The molecule has 0 aromatic carbocycles. The highest BCUT2D eigenvalue weighted by Crippen LogP contribution is 2.18. The molecule has 0 aliphatic carbocycles. The zero-order chi connectivity index (χ0) is 11.8. The van der Waals surface area contributed by atoms with Gasteiger partial charge in [0.15, 0.2) is 5.65 Å². The van der Waals surface area contributed by atoms with Crippen molar-refractivity contribution in [2.75, 3.05) is 0 Å². The molecule has 0 spiro atoms. The summed E-state index contributed by atoms with van der Waals surface area (Å²) in [5.74, 6) is 0. The van der Waals surface area contributed by atoms with Gasteiger partial charge in [-0.3, -0.25) is 9.97 Å². The van der Waals surface area contributed by atoms with Crippen LogP contribution in [0.5, 0.6) is 0 Å². The molecule has 3 heterocycles. The second-order valence-corrected chi connectivity index (χ2v) is 3.35. The summed E-state index contributed by atoms with van der Waals surface area (Å²) < 4.78 is 9.62. The number of fused-ring (bicyclic) bond motifs is 1. The predicted molar refractivity (Wildman–Crippen MR) is 58.8 cm³/mol. The molecule has 16 heavy (non-hydrogen) atoms. The molecule has 0 fully saturated rings. The first-order chi connectivity index (χ1) is 8.27. The molecule has 0 saturated carbocycles. The number of aryl methyl sites for hydroxylation is 1. The van der Waals surface area contributed by atoms with Gasteiger partial charge >= 0.3 is 0 Å². The third kappa shape index (κ3) is 1.33. The maximum Gasteiger partial charge on any atom is 0.155 e. The van der Waals surface area contributed by atoms with E-state index in [0.29, 0.717) is 17.0 Å². The van der Waals surface area contributed by atoms with Gasteiger partial charge in [0.05, 0.1) is 7.06 Å². The van der Waals surface area contributed by atoms with Crippen LogP contribution in [0.15, 0.2) is 36.9 Å². The lowest BCUT2D eigenvalue weighted by Gasteiger charge is -1.97. The second-order valence-electron chi connectivity index (χ2n) is 3.35. The van der Waals surface area contributed by atoms with Crippen molar-refractivity contribution in [3.63, 3.8) is 0 Å². The van der Waals surface area contributed by atoms with E-state index in [-0.39, 0.29) is 6.04 Å². The molecular formula is C11H9N5. The smallest absolute Gasteiger partial charge is 0.155 e. The minimum Gasteiger partial charge on any atom is -0.258 e. The van der Waals surface area contributed by atoms with E-state index < -0.39 is 0 Å². The molecule has 0 aliphatic rings. The van der Waals surface area contributed by atoms with Crippen LogP contribution in [0, 0.1) is 6.92 Å². The van der Waals surface area contributed by atoms with Gasteiger partial charge in [-0.25, -0.2) is 9.50 Å². The Hall–Kier alpha value is -2.30. The largest absolute Gasteiger partial charge is 0.258 e. The van der Waals surface area contributed by atoms with Gasteiger partial charge in [0, 0.05) is 30.8 Å². The van der Waals surface area contributed by atoms with E-state index in [1.807, 2.05) is 6.92 Å². The Morgan fingerprint density at radius 3 is 2.88 bits per heavy atom. The van der Waals surface area contributed by atoms with E-state index in [4.69, 9.17) is 1.37 Å². The Kier molecular flexibility index (Phi) is 1.67. The van der Waals surface area contributed by atoms with Gasteiger partial charge < -0.3 is 0 Å². The summed E-state index contributed by atoms with van der Waals surface area (Å²) in [6.45, 7) is 1.85. The third-order valence-electron chi connectivity index (χ3n) is 2.27. The number of hydrogen-bond acceptors (Lipinski definition) is 4. The molecule has 0 amide bonds. The highest BCUT2D eigenvalue weighted by Gasteiger charge is 2.08. The molecule has 0 atom stereocenters. The van der Waals surface area contributed by atoms with Crippen LogP contribution in [0.2, 0.25) is 0 Å². The summed E-state index contributed by atoms with van der Waals surface area (Å²) in [7, 11) is 0. The van der Waals surface area contributed by atoms with Crippen LogP contribution < -0.4 is 0 Å². The fraction of sp³-hybridized carbons (Fsp3) is 0.0909. The van der Waals surface area contributed by atoms with Crippen molar-refractivity contribution in [3.05, 3.63) is 42.6 Å². The van der Waals surface area contributed by atoms with Crippen molar-refractivity contribution < 1.29 is 1.37 Å². The average Bonchev–Trinajstić information content (AvgIpc) is 2.68. The molecule has 0 N–H and O–H groups in total. The van der Waals surface area contributed by atoms with Gasteiger partial charge in [0.25, 0.3) is 0 Å². The third-order valence-corrected chi connectivity index (χ3v) is 2.27. The van der Waals surface area contributed by atoms with Crippen molar-refractivity contribution >= 4 is 5.65 Å². The first-order valence-electron chi connectivity index (χ1n) is 5.35. The molecule has 3 aromatic heterocycles. The van der Waals surface area contributed by atoms with Crippen molar-refractivity contribution in [1.82, 2.24) is 24.6 Å². The van der Waals surface area contributed by atoms with Gasteiger partial charge in [-0.05, 0) is 13.0 Å². The lowest BCUT2D eigenvalue weighted by molar-refractivity contribution is 0.937. The summed E-state index contributed by atoms with van der Waals surface area (Å²) >= 11 is 0. The van der Waals surface area contributed by atoms with Gasteiger partial charge in [0.2, 0.25) is 0 Å². The molecule has 78 valence electrons. The molecule has 3 aromatic rings. The maximum atomic E-state index is 8.04. The summed E-state index contributed by atoms with van der Waals surface area (Å²) in [5, 5.41) is 4.31. The SMILES string of the molecule is [2H]c1c(-c2nccnc2C)nn2cccnc12. The second kappa shape index (κ2) is 3.37. The van der Waals surface area contributed by atoms with E-state index >= 15 is 0 Å². The van der Waals surface area contributed by atoms with Crippen molar-refractivity contribution in [2.45, 2.75) is 6.92 Å². The van der Waals surface area contributed by atoms with E-state index in [1.54, 1.807) is 35.4 Å². The Morgan fingerprint density at radius 2 is 2.06 bits per heavy atom. The Labute approximate surface area is 93.2 Å². The highest BCUT2D eigenvalue weighted by molar-refractivity contribution is 5.61. The van der Waals surface area contributed by atoms with Crippen LogP contribution in [0.1, 0.15) is 7.06 Å². The summed E-state index contributed by atoms with van der Waals surface area (Å²) in [5.41, 5.74) is 2.41. The molecular weight excluding hydrogens is 202 g/mol. The van der Waals surface area contributed by atoms with E-state index in [9.17, 15) is 0 Å². The monoisotopic (exact) mass is 212 g/mol. The molecule has 5 heteroatoms. The van der Waals surface area contributed by atoms with E-state index in [1.165, 1.54) is 0 Å². The molecule has 0 saturated heterocycles. The van der Waals surface area contributed by atoms with Crippen LogP contribution >= 0.6 is 0 Å². The van der Waals surface area contributed by atoms with Gasteiger partial charge in [-0.15, -0.1) is 0 Å². The summed E-state index contributed by atoms with van der Waals surface area (Å²) in [4.78, 5) is 12.5. The maximum absolute atomic E-state index is 8.04. The Morgan fingerprint density at radius 1 is 1.19 bits per heavy atom. The van der Waals surface area contributed by atoms with Gasteiger partial charge in [-0.1, -0.05) is 0 Å². The van der Waals surface area contributed by atoms with Crippen LogP contribution in [0.4, 0.5) is 0 Å². The average molecular weight is 212 g/mol. The number of hydrogen-bond donors (Lipinski definition) is 0. The van der Waals surface area contributed by atoms with Gasteiger partial charge in [-0.2, -0.15) is 5.10 Å². The highest BCUT2D eigenvalue weighted by atomic mass is 15.2. The van der Waals surface area contributed by atoms with Crippen molar-refractivity contribution in [2.24, 2.45) is 0 Å². The normalized spacial score (nSPS) is 11.7. The molecule has 0 bridgehead atoms. The van der Waals surface area contributed by atoms with Crippen LogP contribution in [-0.2, 0) is 0 Å². The predicted octanol–water partition coefficient (Wildman–Crippen LogP) is 1.49.